The number of hydrogen-bond donors (Lipinski definition) is 2. The quantitative estimate of drug-likeness (QED) is 0.548. The number of primary amides is 1. The van der Waals surface area contributed by atoms with Crippen molar-refractivity contribution >= 4 is 33.5 Å². The van der Waals surface area contributed by atoms with Crippen LogP contribution in [0.5, 0.6) is 0 Å². The van der Waals surface area contributed by atoms with Crippen molar-refractivity contribution in [1.29, 1.82) is 0 Å². The van der Waals surface area contributed by atoms with Gasteiger partial charge in [0.05, 0.1) is 16.5 Å². The zero-order chi connectivity index (χ0) is 20.0. The highest BCUT2D eigenvalue weighted by atomic mass is 19.1. The molecule has 3 N–H and O–H groups in total. The molecule has 4 aromatic rings. The average Bonchev–Trinajstić information content (AvgIpc) is 3.12. The van der Waals surface area contributed by atoms with E-state index in [0.29, 0.717) is 17.0 Å². The maximum atomic E-state index is 14.0. The molecule has 0 radical (unpaired) electrons. The molecule has 1 aliphatic rings. The van der Waals surface area contributed by atoms with Crippen LogP contribution in [0.25, 0.3) is 21.8 Å². The number of nitrogens with zero attached hydrogens (tertiary/aromatic N) is 2. The first-order valence-corrected chi connectivity index (χ1v) is 9.81. The number of nitrogens with one attached hydrogen (secondary N) is 1. The van der Waals surface area contributed by atoms with Gasteiger partial charge < -0.3 is 15.6 Å². The van der Waals surface area contributed by atoms with Crippen LogP contribution >= 0.6 is 0 Å². The molecule has 0 aliphatic carbocycles. The van der Waals surface area contributed by atoms with Gasteiger partial charge in [0.25, 0.3) is 5.91 Å². The van der Waals surface area contributed by atoms with Gasteiger partial charge in [-0.25, -0.2) is 9.37 Å². The molecular weight excluding hydrogens is 367 g/mol. The van der Waals surface area contributed by atoms with Gasteiger partial charge in [0, 0.05) is 30.2 Å². The van der Waals surface area contributed by atoms with E-state index in [1.54, 1.807) is 6.07 Å². The Morgan fingerprint density at radius 3 is 2.62 bits per heavy atom. The van der Waals surface area contributed by atoms with E-state index in [9.17, 15) is 9.18 Å². The van der Waals surface area contributed by atoms with Crippen molar-refractivity contribution < 1.29 is 9.18 Å². The smallest absolute Gasteiger partial charge is 0.252 e. The molecule has 1 saturated heterocycles. The summed E-state index contributed by atoms with van der Waals surface area (Å²) in [7, 11) is 0. The highest BCUT2D eigenvalue weighted by Gasteiger charge is 2.25. The van der Waals surface area contributed by atoms with Crippen molar-refractivity contribution in [2.75, 3.05) is 18.0 Å². The number of amides is 1. The Morgan fingerprint density at radius 2 is 1.90 bits per heavy atom. The number of anilines is 1. The summed E-state index contributed by atoms with van der Waals surface area (Å²) in [5.41, 5.74) is 8.62. The van der Waals surface area contributed by atoms with Crippen LogP contribution < -0.4 is 10.6 Å². The number of aromatic amines is 1. The second-order valence-corrected chi connectivity index (χ2v) is 7.60. The van der Waals surface area contributed by atoms with Gasteiger partial charge in [0.1, 0.15) is 11.6 Å². The number of aromatic nitrogens is 2. The Balaban J connectivity index is 1.57. The van der Waals surface area contributed by atoms with Crippen molar-refractivity contribution in [3.63, 3.8) is 0 Å². The summed E-state index contributed by atoms with van der Waals surface area (Å²) in [5.74, 6) is 0.419. The van der Waals surface area contributed by atoms with Gasteiger partial charge in [-0.3, -0.25) is 4.79 Å². The number of nitrogens with two attached hydrogens (primary N) is 1. The number of piperidine rings is 1. The van der Waals surface area contributed by atoms with Crippen LogP contribution in [-0.2, 0) is 0 Å². The predicted octanol–water partition coefficient (Wildman–Crippen LogP) is 4.34. The van der Waals surface area contributed by atoms with Crippen LogP contribution in [0.3, 0.4) is 0 Å². The van der Waals surface area contributed by atoms with Crippen molar-refractivity contribution in [3.05, 3.63) is 71.7 Å². The molecule has 0 atom stereocenters. The summed E-state index contributed by atoms with van der Waals surface area (Å²) in [5, 5.41) is 1.48. The molecule has 1 amide bonds. The number of H-pyrrole nitrogens is 1. The van der Waals surface area contributed by atoms with Crippen LogP contribution in [0.2, 0.25) is 0 Å². The molecule has 0 saturated carbocycles. The summed E-state index contributed by atoms with van der Waals surface area (Å²) in [4.78, 5) is 22.0. The molecule has 1 aliphatic heterocycles. The van der Waals surface area contributed by atoms with E-state index in [1.165, 1.54) is 23.9 Å². The Bertz CT molecular complexity index is 1210. The number of benzene rings is 2. The number of pyridine rings is 1. The van der Waals surface area contributed by atoms with Gasteiger partial charge in [-0.05, 0) is 42.5 Å². The number of fused-ring (bicyclic) bond motifs is 3. The fourth-order valence-corrected chi connectivity index (χ4v) is 4.43. The molecule has 1 fully saturated rings. The lowest BCUT2D eigenvalue weighted by molar-refractivity contribution is 0.100. The van der Waals surface area contributed by atoms with E-state index in [1.807, 2.05) is 6.07 Å². The summed E-state index contributed by atoms with van der Waals surface area (Å²) in [6.07, 6.45) is 3.55. The molecule has 146 valence electrons. The van der Waals surface area contributed by atoms with E-state index >= 15 is 0 Å². The SMILES string of the molecule is NC(=O)c1cnc(N2CCC(c3ccccc3)CC2)c2c1[nH]c1ccc(F)cc12. The summed E-state index contributed by atoms with van der Waals surface area (Å²) in [6, 6.07) is 15.1. The van der Waals surface area contributed by atoms with Gasteiger partial charge in [-0.2, -0.15) is 0 Å². The van der Waals surface area contributed by atoms with Gasteiger partial charge in [0.15, 0.2) is 0 Å². The predicted molar refractivity (Wildman–Crippen MR) is 113 cm³/mol. The van der Waals surface area contributed by atoms with Gasteiger partial charge in [0.2, 0.25) is 0 Å². The Hall–Kier alpha value is -3.41. The molecule has 29 heavy (non-hydrogen) atoms. The van der Waals surface area contributed by atoms with Crippen LogP contribution in [0.1, 0.15) is 34.7 Å². The Labute approximate surface area is 167 Å². The highest BCUT2D eigenvalue weighted by molar-refractivity contribution is 6.18. The third kappa shape index (κ3) is 3.01. The largest absolute Gasteiger partial charge is 0.365 e. The third-order valence-corrected chi connectivity index (χ3v) is 5.90. The normalized spacial score (nSPS) is 15.3. The van der Waals surface area contributed by atoms with Gasteiger partial charge >= 0.3 is 0 Å². The second-order valence-electron chi connectivity index (χ2n) is 7.60. The molecule has 0 bridgehead atoms. The number of carbonyl (C=O) groups excluding carboxylic acids is 1. The molecule has 2 aromatic heterocycles. The minimum atomic E-state index is -0.552. The lowest BCUT2D eigenvalue weighted by Gasteiger charge is -2.33. The van der Waals surface area contributed by atoms with Crippen LogP contribution in [0, 0.1) is 5.82 Å². The standard InChI is InChI=1S/C23H21FN4O/c24-16-6-7-19-17(12-16)20-21(27-19)18(22(25)29)13-26-23(20)28-10-8-15(9-11-28)14-4-2-1-3-5-14/h1-7,12-13,15,27H,8-11H2,(H2,25,29). The summed E-state index contributed by atoms with van der Waals surface area (Å²) in [6.45, 7) is 1.69. The molecule has 5 nitrogen and oxygen atoms in total. The average molecular weight is 388 g/mol. The van der Waals surface area contributed by atoms with E-state index in [4.69, 9.17) is 5.73 Å². The molecule has 5 rings (SSSR count). The first kappa shape index (κ1) is 17.7. The summed E-state index contributed by atoms with van der Waals surface area (Å²) < 4.78 is 14.0. The van der Waals surface area contributed by atoms with Crippen molar-refractivity contribution in [2.24, 2.45) is 5.73 Å². The minimum absolute atomic E-state index is 0.319. The lowest BCUT2D eigenvalue weighted by atomic mass is 9.89. The number of rotatable bonds is 3. The maximum absolute atomic E-state index is 14.0. The maximum Gasteiger partial charge on any atom is 0.252 e. The number of halogens is 1. The molecular formula is C23H21FN4O. The highest BCUT2D eigenvalue weighted by Crippen LogP contribution is 2.37. The molecule has 0 spiro atoms. The van der Waals surface area contributed by atoms with Crippen molar-refractivity contribution in [1.82, 2.24) is 9.97 Å². The van der Waals surface area contributed by atoms with Gasteiger partial charge in [-0.1, -0.05) is 30.3 Å². The third-order valence-electron chi connectivity index (χ3n) is 5.90. The van der Waals surface area contributed by atoms with E-state index in [0.717, 1.165) is 48.0 Å². The zero-order valence-electron chi connectivity index (χ0n) is 15.9. The van der Waals surface area contributed by atoms with Crippen LogP contribution in [0.15, 0.2) is 54.7 Å². The van der Waals surface area contributed by atoms with Crippen LogP contribution in [0.4, 0.5) is 10.2 Å². The topological polar surface area (TPSA) is 75.0 Å². The Kier molecular flexibility index (Phi) is 4.19. The minimum Gasteiger partial charge on any atom is -0.365 e. The summed E-state index contributed by atoms with van der Waals surface area (Å²) >= 11 is 0. The van der Waals surface area contributed by atoms with E-state index in [-0.39, 0.29) is 5.82 Å². The first-order valence-electron chi connectivity index (χ1n) is 9.81. The monoisotopic (exact) mass is 388 g/mol. The molecule has 0 unspecified atom stereocenters. The second kappa shape index (κ2) is 6.88. The van der Waals surface area contributed by atoms with Crippen molar-refractivity contribution in [2.45, 2.75) is 18.8 Å². The van der Waals surface area contributed by atoms with Gasteiger partial charge in [-0.15, -0.1) is 0 Å². The van der Waals surface area contributed by atoms with E-state index in [2.05, 4.69) is 39.1 Å². The molecule has 2 aromatic carbocycles. The Morgan fingerprint density at radius 1 is 1.14 bits per heavy atom. The number of carbonyl (C=O) groups is 1. The first-order chi connectivity index (χ1) is 14.1. The molecule has 3 heterocycles. The zero-order valence-corrected chi connectivity index (χ0v) is 15.9. The van der Waals surface area contributed by atoms with Crippen LogP contribution in [-0.4, -0.2) is 29.0 Å². The molecule has 6 heteroatoms. The fourth-order valence-electron chi connectivity index (χ4n) is 4.43. The number of hydrogen-bond acceptors (Lipinski definition) is 3. The van der Waals surface area contributed by atoms with Crippen molar-refractivity contribution in [3.8, 4) is 0 Å². The lowest BCUT2D eigenvalue weighted by Crippen LogP contribution is -2.33. The van der Waals surface area contributed by atoms with E-state index < -0.39 is 5.91 Å². The fraction of sp³-hybridized carbons (Fsp3) is 0.217.